The molecule has 0 fully saturated rings. The molecule has 0 saturated heterocycles. The van der Waals surface area contributed by atoms with Crippen molar-refractivity contribution in [3.8, 4) is 5.75 Å². The molecule has 1 aliphatic heterocycles. The van der Waals surface area contributed by atoms with Gasteiger partial charge in [0.1, 0.15) is 17.5 Å². The second kappa shape index (κ2) is 8.78. The van der Waals surface area contributed by atoms with Crippen LogP contribution in [0.1, 0.15) is 31.5 Å². The van der Waals surface area contributed by atoms with Crippen LogP contribution >= 0.6 is 0 Å². The first kappa shape index (κ1) is 21.1. The van der Waals surface area contributed by atoms with Gasteiger partial charge in [-0.1, -0.05) is 12.2 Å². The molecule has 2 aromatic rings. The zero-order valence-electron chi connectivity index (χ0n) is 17.1. The Morgan fingerprint density at radius 3 is 2.63 bits per heavy atom. The summed E-state index contributed by atoms with van der Waals surface area (Å²) in [5.41, 5.74) is -1.13. The first-order valence-electron chi connectivity index (χ1n) is 9.16. The smallest absolute Gasteiger partial charge is 0.327 e. The third-order valence-corrected chi connectivity index (χ3v) is 4.32. The number of carbonyl (C=O) groups excluding carboxylic acids is 2. The lowest BCUT2D eigenvalue weighted by Gasteiger charge is -2.27. The van der Waals surface area contributed by atoms with Gasteiger partial charge in [0.2, 0.25) is 0 Å². The normalized spacial score (nSPS) is 15.7. The van der Waals surface area contributed by atoms with E-state index >= 15 is 0 Å². The summed E-state index contributed by atoms with van der Waals surface area (Å²) >= 11 is 0. The molecule has 0 aliphatic carbocycles. The lowest BCUT2D eigenvalue weighted by Crippen LogP contribution is -2.47. The Bertz CT molecular complexity index is 964. The van der Waals surface area contributed by atoms with Gasteiger partial charge in [-0.05, 0) is 32.1 Å². The number of nitrogens with one attached hydrogen (secondary N) is 2. The number of aromatic nitrogens is 2. The van der Waals surface area contributed by atoms with Crippen molar-refractivity contribution < 1.29 is 23.6 Å². The van der Waals surface area contributed by atoms with Crippen LogP contribution in [0.15, 0.2) is 53.4 Å². The Morgan fingerprint density at radius 2 is 2.00 bits per heavy atom. The van der Waals surface area contributed by atoms with E-state index < -0.39 is 17.5 Å². The molecule has 1 atom stereocenters. The summed E-state index contributed by atoms with van der Waals surface area (Å²) in [4.78, 5) is 38.0. The van der Waals surface area contributed by atoms with Crippen molar-refractivity contribution in [1.82, 2.24) is 20.3 Å². The van der Waals surface area contributed by atoms with Crippen molar-refractivity contribution in [2.45, 2.75) is 32.4 Å². The third kappa shape index (κ3) is 5.03. The molecular formula is C20H23N5O5. The number of hydrogen-bond donors (Lipinski definition) is 2. The van der Waals surface area contributed by atoms with Crippen LogP contribution in [0.2, 0.25) is 0 Å². The molecule has 1 aliphatic rings. The Kier molecular flexibility index (Phi) is 6.17. The highest BCUT2D eigenvalue weighted by Gasteiger charge is 2.28. The second-order valence-electron chi connectivity index (χ2n) is 6.91. The molecular weight excluding hydrogens is 390 g/mol. The summed E-state index contributed by atoms with van der Waals surface area (Å²) < 4.78 is 10.6. The Morgan fingerprint density at radius 1 is 1.20 bits per heavy atom. The number of allylic oxidation sites excluding steroid dienone is 2. The van der Waals surface area contributed by atoms with E-state index in [0.717, 1.165) is 0 Å². The number of rotatable bonds is 6. The summed E-state index contributed by atoms with van der Waals surface area (Å²) in [5, 5.41) is 6.28. The summed E-state index contributed by atoms with van der Waals surface area (Å²) in [6.07, 6.45) is 10.5. The summed E-state index contributed by atoms with van der Waals surface area (Å²) in [6.45, 7) is 4.88. The van der Waals surface area contributed by atoms with E-state index in [1.54, 1.807) is 50.4 Å². The Hall–Kier alpha value is -3.66. The van der Waals surface area contributed by atoms with Gasteiger partial charge >= 0.3 is 6.03 Å². The number of hydroxylamine groups is 2. The standard InChI is InChI=1S/C20H23N5O5/c1-13-21-12-16(29-13)15-7-5-6-10-25(15)30-14-8-9-17(22-11-14)23-19(27)24-18(26)20(2,3)28-4/h5-12,15H,1-4H3,(H2,22,23,24,26,27). The minimum atomic E-state index is -1.13. The summed E-state index contributed by atoms with van der Waals surface area (Å²) in [6, 6.07) is 2.20. The number of aryl methyl sites for hydroxylation is 1. The predicted molar refractivity (Wildman–Crippen MR) is 107 cm³/mol. The predicted octanol–water partition coefficient (Wildman–Crippen LogP) is 2.87. The second-order valence-corrected chi connectivity index (χ2v) is 6.91. The first-order valence-corrected chi connectivity index (χ1v) is 9.16. The van der Waals surface area contributed by atoms with Gasteiger partial charge in [-0.3, -0.25) is 15.4 Å². The van der Waals surface area contributed by atoms with Crippen LogP contribution in [0.3, 0.4) is 0 Å². The average Bonchev–Trinajstić information content (AvgIpc) is 3.16. The molecule has 1 unspecified atom stereocenters. The molecule has 3 heterocycles. The zero-order chi connectivity index (χ0) is 21.7. The number of imide groups is 1. The third-order valence-electron chi connectivity index (χ3n) is 4.32. The molecule has 2 N–H and O–H groups in total. The van der Waals surface area contributed by atoms with Gasteiger partial charge in [-0.25, -0.2) is 19.8 Å². The fraction of sp³-hybridized carbons (Fsp3) is 0.300. The average molecular weight is 413 g/mol. The quantitative estimate of drug-likeness (QED) is 0.742. The van der Waals surface area contributed by atoms with E-state index in [-0.39, 0.29) is 11.9 Å². The van der Waals surface area contributed by atoms with E-state index in [0.29, 0.717) is 17.4 Å². The fourth-order valence-electron chi connectivity index (χ4n) is 2.43. The number of oxazole rings is 1. The van der Waals surface area contributed by atoms with Crippen LogP contribution in [0, 0.1) is 6.92 Å². The number of hydrogen-bond acceptors (Lipinski definition) is 8. The Balaban J connectivity index is 1.60. The van der Waals surface area contributed by atoms with Crippen molar-refractivity contribution in [2.75, 3.05) is 12.4 Å². The molecule has 0 radical (unpaired) electrons. The fourth-order valence-corrected chi connectivity index (χ4v) is 2.43. The minimum Gasteiger partial charge on any atom is -0.443 e. The highest BCUT2D eigenvalue weighted by molar-refractivity contribution is 6.03. The van der Waals surface area contributed by atoms with Gasteiger partial charge in [-0.15, -0.1) is 0 Å². The SMILES string of the molecule is COC(C)(C)C(=O)NC(=O)Nc1ccc(ON2C=CC=CC2c2cnc(C)o2)cn1. The van der Waals surface area contributed by atoms with E-state index in [9.17, 15) is 9.59 Å². The van der Waals surface area contributed by atoms with Crippen molar-refractivity contribution in [3.63, 3.8) is 0 Å². The van der Waals surface area contributed by atoms with Gasteiger partial charge < -0.3 is 14.0 Å². The first-order chi connectivity index (χ1) is 14.3. The monoisotopic (exact) mass is 413 g/mol. The maximum absolute atomic E-state index is 12.0. The van der Waals surface area contributed by atoms with Crippen LogP contribution in [0.5, 0.6) is 5.75 Å². The number of carbonyl (C=O) groups is 2. The zero-order valence-corrected chi connectivity index (χ0v) is 17.1. The molecule has 10 heteroatoms. The van der Waals surface area contributed by atoms with E-state index in [1.807, 2.05) is 18.2 Å². The van der Waals surface area contributed by atoms with Crippen molar-refractivity contribution in [3.05, 3.63) is 60.6 Å². The highest BCUT2D eigenvalue weighted by Crippen LogP contribution is 2.27. The minimum absolute atomic E-state index is 0.249. The molecule has 2 aromatic heterocycles. The molecule has 0 spiro atoms. The molecule has 0 saturated carbocycles. The van der Waals surface area contributed by atoms with Crippen LogP contribution in [-0.2, 0) is 9.53 Å². The van der Waals surface area contributed by atoms with Crippen LogP contribution in [-0.4, -0.2) is 39.7 Å². The number of pyridine rings is 1. The largest absolute Gasteiger partial charge is 0.443 e. The highest BCUT2D eigenvalue weighted by atomic mass is 16.7. The molecule has 3 rings (SSSR count). The lowest BCUT2D eigenvalue weighted by molar-refractivity contribution is -0.138. The van der Waals surface area contributed by atoms with E-state index in [4.69, 9.17) is 14.0 Å². The van der Waals surface area contributed by atoms with Crippen LogP contribution in [0.4, 0.5) is 10.6 Å². The van der Waals surface area contributed by atoms with E-state index in [2.05, 4.69) is 20.6 Å². The number of methoxy groups -OCH3 is 1. The van der Waals surface area contributed by atoms with Crippen LogP contribution < -0.4 is 15.5 Å². The number of amides is 3. The van der Waals surface area contributed by atoms with Crippen molar-refractivity contribution in [1.29, 1.82) is 0 Å². The maximum Gasteiger partial charge on any atom is 0.327 e. The lowest BCUT2D eigenvalue weighted by atomic mass is 10.1. The molecule has 158 valence electrons. The number of anilines is 1. The topological polar surface area (TPSA) is 119 Å². The molecule has 3 amide bonds. The summed E-state index contributed by atoms with van der Waals surface area (Å²) in [5.74, 6) is 1.33. The van der Waals surface area contributed by atoms with Gasteiger partial charge in [0, 0.05) is 20.2 Å². The van der Waals surface area contributed by atoms with Gasteiger partial charge in [0.05, 0.1) is 12.4 Å². The maximum atomic E-state index is 12.0. The van der Waals surface area contributed by atoms with Gasteiger partial charge in [0.15, 0.2) is 17.4 Å². The van der Waals surface area contributed by atoms with Crippen molar-refractivity contribution in [2.24, 2.45) is 0 Å². The molecule has 0 aromatic carbocycles. The van der Waals surface area contributed by atoms with Crippen molar-refractivity contribution >= 4 is 17.8 Å². The van der Waals surface area contributed by atoms with Crippen LogP contribution in [0.25, 0.3) is 0 Å². The molecule has 30 heavy (non-hydrogen) atoms. The molecule has 10 nitrogen and oxygen atoms in total. The van der Waals surface area contributed by atoms with Gasteiger partial charge in [0.25, 0.3) is 5.91 Å². The van der Waals surface area contributed by atoms with E-state index in [1.165, 1.54) is 13.3 Å². The summed E-state index contributed by atoms with van der Waals surface area (Å²) in [7, 11) is 1.39. The Labute approximate surface area is 173 Å². The molecule has 0 bridgehead atoms. The number of ether oxygens (including phenoxy) is 1. The number of urea groups is 1. The number of nitrogens with zero attached hydrogens (tertiary/aromatic N) is 3. The van der Waals surface area contributed by atoms with Gasteiger partial charge in [-0.2, -0.15) is 0 Å².